The van der Waals surface area contributed by atoms with E-state index >= 15 is 0 Å². The van der Waals surface area contributed by atoms with Gasteiger partial charge in [-0.1, -0.05) is 30.4 Å². The molecule has 0 bridgehead atoms. The van der Waals surface area contributed by atoms with Gasteiger partial charge >= 0.3 is 0 Å². The number of rotatable bonds is 6. The zero-order valence-electron chi connectivity index (χ0n) is 9.32. The molecule has 82 valence electrons. The molecular weight excluding hydrogens is 186 g/mol. The van der Waals surface area contributed by atoms with Crippen molar-refractivity contribution in [2.45, 2.75) is 13.3 Å². The van der Waals surface area contributed by atoms with E-state index in [1.807, 2.05) is 25.1 Å². The fraction of sp³-hybridized carbons (Fsp3) is 0.385. The van der Waals surface area contributed by atoms with Crippen LogP contribution >= 0.6 is 0 Å². The van der Waals surface area contributed by atoms with Gasteiger partial charge in [-0.3, -0.25) is 0 Å². The molecule has 0 amide bonds. The van der Waals surface area contributed by atoms with Crippen molar-refractivity contribution in [1.82, 2.24) is 0 Å². The second kappa shape index (κ2) is 6.25. The number of aliphatic hydroxyl groups is 1. The van der Waals surface area contributed by atoms with Crippen molar-refractivity contribution in [3.8, 4) is 0 Å². The molecule has 0 heterocycles. The van der Waals surface area contributed by atoms with Crippen LogP contribution in [0.1, 0.15) is 13.3 Å². The Morgan fingerprint density at radius 1 is 1.33 bits per heavy atom. The van der Waals surface area contributed by atoms with Crippen LogP contribution in [0, 0.1) is 0 Å². The molecule has 2 heteroatoms. The minimum Gasteiger partial charge on any atom is -0.396 e. The van der Waals surface area contributed by atoms with E-state index in [0.717, 1.165) is 25.1 Å². The molecule has 0 aromatic heterocycles. The second-order valence-corrected chi connectivity index (χ2v) is 3.79. The second-order valence-electron chi connectivity index (χ2n) is 3.79. The van der Waals surface area contributed by atoms with Gasteiger partial charge < -0.3 is 10.0 Å². The Morgan fingerprint density at radius 2 is 2.00 bits per heavy atom. The average molecular weight is 205 g/mol. The van der Waals surface area contributed by atoms with Gasteiger partial charge in [0.2, 0.25) is 0 Å². The Hall–Kier alpha value is -1.28. The molecule has 1 aromatic rings. The first-order chi connectivity index (χ1) is 7.24. The molecule has 0 spiro atoms. The fourth-order valence-electron chi connectivity index (χ4n) is 1.53. The molecule has 0 saturated carbocycles. The van der Waals surface area contributed by atoms with Gasteiger partial charge in [0.15, 0.2) is 0 Å². The summed E-state index contributed by atoms with van der Waals surface area (Å²) in [4.78, 5) is 2.23. The quantitative estimate of drug-likeness (QED) is 0.721. The highest BCUT2D eigenvalue weighted by Crippen LogP contribution is 2.14. The molecule has 1 N–H and O–H groups in total. The van der Waals surface area contributed by atoms with Crippen molar-refractivity contribution in [1.29, 1.82) is 0 Å². The van der Waals surface area contributed by atoms with E-state index in [-0.39, 0.29) is 6.61 Å². The molecule has 0 aliphatic rings. The van der Waals surface area contributed by atoms with Crippen LogP contribution in [-0.4, -0.2) is 24.8 Å². The van der Waals surface area contributed by atoms with E-state index in [9.17, 15) is 0 Å². The van der Waals surface area contributed by atoms with Gasteiger partial charge in [-0.05, 0) is 25.5 Å². The molecule has 15 heavy (non-hydrogen) atoms. The van der Waals surface area contributed by atoms with E-state index in [4.69, 9.17) is 5.11 Å². The highest BCUT2D eigenvalue weighted by molar-refractivity contribution is 5.46. The summed E-state index contributed by atoms with van der Waals surface area (Å²) in [7, 11) is 0. The third-order valence-electron chi connectivity index (χ3n) is 2.17. The lowest BCUT2D eigenvalue weighted by Crippen LogP contribution is -2.26. The summed E-state index contributed by atoms with van der Waals surface area (Å²) in [6.45, 7) is 7.90. The van der Waals surface area contributed by atoms with Crippen LogP contribution in [0.3, 0.4) is 0 Å². The van der Waals surface area contributed by atoms with Crippen LogP contribution in [-0.2, 0) is 0 Å². The molecule has 1 aromatic carbocycles. The topological polar surface area (TPSA) is 23.5 Å². The van der Waals surface area contributed by atoms with Crippen LogP contribution in [0.2, 0.25) is 0 Å². The van der Waals surface area contributed by atoms with Crippen LogP contribution in [0.25, 0.3) is 0 Å². The molecule has 0 fully saturated rings. The van der Waals surface area contributed by atoms with E-state index in [1.54, 1.807) is 0 Å². The number of nitrogens with zero attached hydrogens (tertiary/aromatic N) is 1. The van der Waals surface area contributed by atoms with Gasteiger partial charge in [0.1, 0.15) is 0 Å². The third-order valence-corrected chi connectivity index (χ3v) is 2.17. The minimum atomic E-state index is 0.236. The number of anilines is 1. The summed E-state index contributed by atoms with van der Waals surface area (Å²) in [6.07, 6.45) is 0.794. The average Bonchev–Trinajstić information content (AvgIpc) is 2.25. The van der Waals surface area contributed by atoms with Crippen molar-refractivity contribution >= 4 is 5.69 Å². The first-order valence-electron chi connectivity index (χ1n) is 5.29. The standard InChI is InChI=1S/C13H19NO/c1-12(2)11-14(9-6-10-15)13-7-4-3-5-8-13/h3-5,7-8,15H,1,6,9-11H2,2H3. The van der Waals surface area contributed by atoms with Gasteiger partial charge in [0.05, 0.1) is 0 Å². The maximum Gasteiger partial charge on any atom is 0.0447 e. The van der Waals surface area contributed by atoms with Crippen LogP contribution in [0.5, 0.6) is 0 Å². The van der Waals surface area contributed by atoms with Crippen molar-refractivity contribution in [3.63, 3.8) is 0 Å². The Bertz CT molecular complexity index is 295. The van der Waals surface area contributed by atoms with Crippen LogP contribution < -0.4 is 4.90 Å². The number of para-hydroxylation sites is 1. The summed E-state index contributed by atoms with van der Waals surface area (Å²) >= 11 is 0. The minimum absolute atomic E-state index is 0.236. The predicted octanol–water partition coefficient (Wildman–Crippen LogP) is 2.45. The molecule has 0 radical (unpaired) electrons. The molecule has 0 atom stereocenters. The Labute approximate surface area is 91.9 Å². The molecule has 1 rings (SSSR count). The van der Waals surface area contributed by atoms with Gasteiger partial charge in [-0.2, -0.15) is 0 Å². The van der Waals surface area contributed by atoms with Gasteiger partial charge in [0.25, 0.3) is 0 Å². The number of hydrogen-bond acceptors (Lipinski definition) is 2. The lowest BCUT2D eigenvalue weighted by molar-refractivity contribution is 0.290. The lowest BCUT2D eigenvalue weighted by atomic mass is 10.2. The van der Waals surface area contributed by atoms with Crippen molar-refractivity contribution < 1.29 is 5.11 Å². The first kappa shape index (κ1) is 11.8. The zero-order valence-corrected chi connectivity index (χ0v) is 9.32. The maximum absolute atomic E-state index is 8.85. The predicted molar refractivity (Wildman–Crippen MR) is 65.2 cm³/mol. The normalized spacial score (nSPS) is 10.0. The van der Waals surface area contributed by atoms with E-state index < -0.39 is 0 Å². The largest absolute Gasteiger partial charge is 0.396 e. The van der Waals surface area contributed by atoms with Crippen LogP contribution in [0.4, 0.5) is 5.69 Å². The molecular formula is C13H19NO. The molecule has 0 unspecified atom stereocenters. The highest BCUT2D eigenvalue weighted by Gasteiger charge is 2.04. The van der Waals surface area contributed by atoms with Gasteiger partial charge in [-0.15, -0.1) is 0 Å². The van der Waals surface area contributed by atoms with Crippen molar-refractivity contribution in [2.75, 3.05) is 24.6 Å². The summed E-state index contributed by atoms with van der Waals surface area (Å²) in [5, 5.41) is 8.85. The van der Waals surface area contributed by atoms with Crippen molar-refractivity contribution in [3.05, 3.63) is 42.5 Å². The number of hydrogen-bond donors (Lipinski definition) is 1. The summed E-state index contributed by atoms with van der Waals surface area (Å²) in [5.41, 5.74) is 2.32. The van der Waals surface area contributed by atoms with Gasteiger partial charge in [-0.25, -0.2) is 0 Å². The molecule has 0 aliphatic carbocycles. The third kappa shape index (κ3) is 4.17. The lowest BCUT2D eigenvalue weighted by Gasteiger charge is -2.24. The first-order valence-corrected chi connectivity index (χ1v) is 5.29. The van der Waals surface area contributed by atoms with Gasteiger partial charge in [0, 0.05) is 25.4 Å². The summed E-state index contributed by atoms with van der Waals surface area (Å²) in [5.74, 6) is 0. The number of aliphatic hydroxyl groups excluding tert-OH is 1. The van der Waals surface area contributed by atoms with E-state index in [2.05, 4.69) is 23.6 Å². The Balaban J connectivity index is 2.67. The summed E-state index contributed by atoms with van der Waals surface area (Å²) in [6, 6.07) is 10.2. The maximum atomic E-state index is 8.85. The Morgan fingerprint density at radius 3 is 2.53 bits per heavy atom. The smallest absolute Gasteiger partial charge is 0.0447 e. The van der Waals surface area contributed by atoms with Crippen LogP contribution in [0.15, 0.2) is 42.5 Å². The molecule has 0 saturated heterocycles. The van der Waals surface area contributed by atoms with E-state index in [0.29, 0.717) is 0 Å². The van der Waals surface area contributed by atoms with Crippen molar-refractivity contribution in [2.24, 2.45) is 0 Å². The fourth-order valence-corrected chi connectivity index (χ4v) is 1.53. The highest BCUT2D eigenvalue weighted by atomic mass is 16.3. The Kier molecular flexibility index (Phi) is 4.91. The zero-order chi connectivity index (χ0) is 11.1. The molecule has 2 nitrogen and oxygen atoms in total. The summed E-state index contributed by atoms with van der Waals surface area (Å²) < 4.78 is 0. The monoisotopic (exact) mass is 205 g/mol. The molecule has 0 aliphatic heterocycles. The van der Waals surface area contributed by atoms with E-state index in [1.165, 1.54) is 5.69 Å². The number of benzene rings is 1. The SMILES string of the molecule is C=C(C)CN(CCCO)c1ccccc1.